The van der Waals surface area contributed by atoms with E-state index < -0.39 is 0 Å². The number of hydrogen-bond donors (Lipinski definition) is 1. The Labute approximate surface area is 130 Å². The summed E-state index contributed by atoms with van der Waals surface area (Å²) in [4.78, 5) is 3.14. The van der Waals surface area contributed by atoms with Crippen LogP contribution < -0.4 is 0 Å². The van der Waals surface area contributed by atoms with Crippen LogP contribution in [0.2, 0.25) is 0 Å². The lowest BCUT2D eigenvalue weighted by Gasteiger charge is -2.05. The summed E-state index contributed by atoms with van der Waals surface area (Å²) in [6.45, 7) is 1.95. The molecule has 3 rings (SSSR count). The van der Waals surface area contributed by atoms with E-state index in [1.54, 1.807) is 0 Å². The standard InChI is InChI=1S/C19H17N3/c1-15(18-13-8-14-20-18)21-22-19(16-9-4-2-5-10-16)17-11-6-3-7-12-17/h2-14,20H,1H3/b21-15-. The van der Waals surface area contributed by atoms with Gasteiger partial charge in [0.25, 0.3) is 0 Å². The van der Waals surface area contributed by atoms with Gasteiger partial charge in [-0.1, -0.05) is 60.7 Å². The topological polar surface area (TPSA) is 40.5 Å². The van der Waals surface area contributed by atoms with Gasteiger partial charge in [0, 0.05) is 17.3 Å². The number of H-pyrrole nitrogens is 1. The van der Waals surface area contributed by atoms with E-state index in [2.05, 4.69) is 15.2 Å². The Morgan fingerprint density at radius 2 is 1.32 bits per heavy atom. The van der Waals surface area contributed by atoms with Crippen LogP contribution in [-0.4, -0.2) is 16.4 Å². The molecule has 0 unspecified atom stereocenters. The van der Waals surface area contributed by atoms with Gasteiger partial charge >= 0.3 is 0 Å². The van der Waals surface area contributed by atoms with Crippen LogP contribution in [0, 0.1) is 0 Å². The van der Waals surface area contributed by atoms with E-state index in [0.717, 1.165) is 28.2 Å². The van der Waals surface area contributed by atoms with Crippen molar-refractivity contribution in [1.29, 1.82) is 0 Å². The van der Waals surface area contributed by atoms with Gasteiger partial charge in [-0.05, 0) is 19.1 Å². The summed E-state index contributed by atoms with van der Waals surface area (Å²) in [6.07, 6.45) is 1.88. The van der Waals surface area contributed by atoms with E-state index in [-0.39, 0.29) is 0 Å². The van der Waals surface area contributed by atoms with Crippen molar-refractivity contribution in [2.45, 2.75) is 6.92 Å². The monoisotopic (exact) mass is 287 g/mol. The molecule has 1 aromatic heterocycles. The first-order valence-corrected chi connectivity index (χ1v) is 7.21. The maximum atomic E-state index is 4.50. The van der Waals surface area contributed by atoms with Gasteiger partial charge in [-0.15, -0.1) is 5.10 Å². The lowest BCUT2D eigenvalue weighted by Crippen LogP contribution is -2.03. The van der Waals surface area contributed by atoms with Crippen LogP contribution >= 0.6 is 0 Å². The molecule has 0 atom stereocenters. The van der Waals surface area contributed by atoms with Crippen LogP contribution in [0.15, 0.2) is 89.2 Å². The van der Waals surface area contributed by atoms with Gasteiger partial charge in [-0.2, -0.15) is 5.10 Å². The summed E-state index contributed by atoms with van der Waals surface area (Å²) >= 11 is 0. The van der Waals surface area contributed by atoms with Gasteiger partial charge in [0.15, 0.2) is 0 Å². The zero-order valence-corrected chi connectivity index (χ0v) is 12.4. The summed E-state index contributed by atoms with van der Waals surface area (Å²) in [5.41, 5.74) is 4.80. The van der Waals surface area contributed by atoms with E-state index in [4.69, 9.17) is 0 Å². The van der Waals surface area contributed by atoms with E-state index in [9.17, 15) is 0 Å². The predicted molar refractivity (Wildman–Crippen MR) is 91.5 cm³/mol. The highest BCUT2D eigenvalue weighted by Gasteiger charge is 2.06. The van der Waals surface area contributed by atoms with E-state index in [1.165, 1.54) is 0 Å². The number of hydrogen-bond acceptors (Lipinski definition) is 2. The van der Waals surface area contributed by atoms with Crippen LogP contribution in [0.1, 0.15) is 23.7 Å². The highest BCUT2D eigenvalue weighted by molar-refractivity contribution is 6.13. The first-order valence-electron chi connectivity index (χ1n) is 7.21. The molecule has 0 amide bonds. The molecule has 1 N–H and O–H groups in total. The molecule has 0 fully saturated rings. The van der Waals surface area contributed by atoms with Crippen molar-refractivity contribution in [3.63, 3.8) is 0 Å². The van der Waals surface area contributed by atoms with Crippen molar-refractivity contribution in [2.75, 3.05) is 0 Å². The Balaban J connectivity index is 2.03. The summed E-state index contributed by atoms with van der Waals surface area (Å²) in [5, 5.41) is 8.90. The Hall–Kier alpha value is -2.94. The molecule has 3 heteroatoms. The zero-order chi connectivity index (χ0) is 15.2. The average Bonchev–Trinajstić information content (AvgIpc) is 3.11. The van der Waals surface area contributed by atoms with E-state index in [1.807, 2.05) is 85.9 Å². The fourth-order valence-electron chi connectivity index (χ4n) is 2.21. The highest BCUT2D eigenvalue weighted by Crippen LogP contribution is 2.11. The van der Waals surface area contributed by atoms with Crippen LogP contribution in [0.5, 0.6) is 0 Å². The number of benzene rings is 2. The molecule has 0 saturated carbocycles. The molecule has 108 valence electrons. The first kappa shape index (κ1) is 14.0. The summed E-state index contributed by atoms with van der Waals surface area (Å²) < 4.78 is 0. The lowest BCUT2D eigenvalue weighted by molar-refractivity contribution is 1.21. The summed E-state index contributed by atoms with van der Waals surface area (Å²) in [7, 11) is 0. The number of aromatic amines is 1. The summed E-state index contributed by atoms with van der Waals surface area (Å²) in [6, 6.07) is 24.2. The molecule has 0 aliphatic heterocycles. The molecule has 3 aromatic rings. The molecule has 22 heavy (non-hydrogen) atoms. The third-order valence-electron chi connectivity index (χ3n) is 3.38. The molecular weight excluding hydrogens is 270 g/mol. The SMILES string of the molecule is C/C(=N/N=C(c1ccccc1)c1ccccc1)c1ccc[nH]1. The third-order valence-corrected chi connectivity index (χ3v) is 3.38. The minimum absolute atomic E-state index is 0.856. The Morgan fingerprint density at radius 3 is 1.82 bits per heavy atom. The minimum Gasteiger partial charge on any atom is -0.360 e. The normalized spacial score (nSPS) is 11.2. The fourth-order valence-corrected chi connectivity index (χ4v) is 2.21. The highest BCUT2D eigenvalue weighted by atomic mass is 15.2. The number of rotatable bonds is 4. The fraction of sp³-hybridized carbons (Fsp3) is 0.0526. The van der Waals surface area contributed by atoms with Crippen molar-refractivity contribution in [2.24, 2.45) is 10.2 Å². The van der Waals surface area contributed by atoms with Gasteiger partial charge in [0.2, 0.25) is 0 Å². The molecule has 0 aliphatic rings. The van der Waals surface area contributed by atoms with Gasteiger partial charge in [-0.3, -0.25) is 0 Å². The quantitative estimate of drug-likeness (QED) is 0.550. The van der Waals surface area contributed by atoms with Crippen molar-refractivity contribution < 1.29 is 0 Å². The lowest BCUT2D eigenvalue weighted by atomic mass is 10.0. The predicted octanol–water partition coefficient (Wildman–Crippen LogP) is 4.28. The van der Waals surface area contributed by atoms with Crippen molar-refractivity contribution >= 4 is 11.4 Å². The molecule has 0 aliphatic carbocycles. The second-order valence-corrected chi connectivity index (χ2v) is 4.95. The Bertz CT molecular complexity index is 729. The minimum atomic E-state index is 0.856. The van der Waals surface area contributed by atoms with Gasteiger partial charge in [-0.25, -0.2) is 0 Å². The van der Waals surface area contributed by atoms with Crippen LogP contribution in [-0.2, 0) is 0 Å². The number of nitrogens with one attached hydrogen (secondary N) is 1. The summed E-state index contributed by atoms with van der Waals surface area (Å²) in [5.74, 6) is 0. The maximum absolute atomic E-state index is 4.50. The van der Waals surface area contributed by atoms with Crippen LogP contribution in [0.3, 0.4) is 0 Å². The third kappa shape index (κ3) is 3.20. The number of aromatic nitrogens is 1. The van der Waals surface area contributed by atoms with Crippen molar-refractivity contribution in [3.8, 4) is 0 Å². The first-order chi connectivity index (χ1) is 10.8. The number of nitrogens with zero attached hydrogens (tertiary/aromatic N) is 2. The Morgan fingerprint density at radius 1 is 0.727 bits per heavy atom. The molecule has 2 aromatic carbocycles. The molecule has 3 nitrogen and oxygen atoms in total. The smallest absolute Gasteiger partial charge is 0.100 e. The molecule has 0 saturated heterocycles. The average molecular weight is 287 g/mol. The second-order valence-electron chi connectivity index (χ2n) is 4.95. The van der Waals surface area contributed by atoms with Crippen molar-refractivity contribution in [1.82, 2.24) is 4.98 Å². The van der Waals surface area contributed by atoms with Crippen molar-refractivity contribution in [3.05, 3.63) is 95.8 Å². The second kappa shape index (κ2) is 6.68. The van der Waals surface area contributed by atoms with E-state index in [0.29, 0.717) is 0 Å². The molecule has 0 radical (unpaired) electrons. The van der Waals surface area contributed by atoms with Crippen LogP contribution in [0.25, 0.3) is 0 Å². The van der Waals surface area contributed by atoms with Gasteiger partial charge in [0.1, 0.15) is 5.71 Å². The van der Waals surface area contributed by atoms with Crippen LogP contribution in [0.4, 0.5) is 0 Å². The molecular formula is C19H17N3. The zero-order valence-electron chi connectivity index (χ0n) is 12.4. The molecule has 1 heterocycles. The largest absolute Gasteiger partial charge is 0.360 e. The van der Waals surface area contributed by atoms with Gasteiger partial charge in [0.05, 0.1) is 11.4 Å². The maximum Gasteiger partial charge on any atom is 0.100 e. The molecule has 0 spiro atoms. The Kier molecular flexibility index (Phi) is 4.25. The molecule has 0 bridgehead atoms. The van der Waals surface area contributed by atoms with E-state index >= 15 is 0 Å². The van der Waals surface area contributed by atoms with Gasteiger partial charge < -0.3 is 4.98 Å².